The highest BCUT2D eigenvalue weighted by Gasteiger charge is 2.24. The highest BCUT2D eigenvalue weighted by Crippen LogP contribution is 2.23. The van der Waals surface area contributed by atoms with E-state index in [0.717, 1.165) is 44.0 Å². The fourth-order valence-corrected chi connectivity index (χ4v) is 3.77. The summed E-state index contributed by atoms with van der Waals surface area (Å²) in [5.41, 5.74) is 1.03. The highest BCUT2D eigenvalue weighted by molar-refractivity contribution is 7.15. The maximum absolute atomic E-state index is 6.13. The van der Waals surface area contributed by atoms with Crippen LogP contribution < -0.4 is 4.74 Å². The van der Waals surface area contributed by atoms with Gasteiger partial charge in [-0.1, -0.05) is 11.6 Å². The average molecular weight is 353 g/mol. The molecule has 2 aromatic heterocycles. The summed E-state index contributed by atoms with van der Waals surface area (Å²) in [4.78, 5) is 14.2. The predicted octanol–water partition coefficient (Wildman–Crippen LogP) is 2.91. The predicted molar refractivity (Wildman–Crippen MR) is 93.1 cm³/mol. The molecule has 0 aromatic carbocycles. The van der Waals surface area contributed by atoms with Crippen LogP contribution in [0.15, 0.2) is 24.5 Å². The second kappa shape index (κ2) is 7.57. The zero-order valence-corrected chi connectivity index (χ0v) is 15.0. The number of thiazole rings is 1. The first-order chi connectivity index (χ1) is 11.1. The second-order valence-corrected chi connectivity index (χ2v) is 7.76. The molecule has 124 valence electrons. The van der Waals surface area contributed by atoms with Crippen molar-refractivity contribution in [2.75, 3.05) is 27.2 Å². The van der Waals surface area contributed by atoms with Gasteiger partial charge in [0.05, 0.1) is 5.69 Å². The lowest BCUT2D eigenvalue weighted by Crippen LogP contribution is -2.24. The molecule has 1 aliphatic rings. The van der Waals surface area contributed by atoms with Crippen molar-refractivity contribution in [3.63, 3.8) is 0 Å². The van der Waals surface area contributed by atoms with E-state index in [-0.39, 0.29) is 6.10 Å². The third-order valence-corrected chi connectivity index (χ3v) is 4.80. The molecule has 1 saturated heterocycles. The van der Waals surface area contributed by atoms with E-state index in [4.69, 9.17) is 16.3 Å². The fraction of sp³-hybridized carbons (Fsp3) is 0.500. The lowest BCUT2D eigenvalue weighted by atomic mass is 10.3. The van der Waals surface area contributed by atoms with E-state index < -0.39 is 0 Å². The molecular formula is C16H21ClN4OS. The maximum atomic E-state index is 6.13. The van der Waals surface area contributed by atoms with Gasteiger partial charge in [0.15, 0.2) is 4.47 Å². The Morgan fingerprint density at radius 3 is 3.04 bits per heavy atom. The summed E-state index contributed by atoms with van der Waals surface area (Å²) in [5, 5.41) is 0. The molecular weight excluding hydrogens is 332 g/mol. The monoisotopic (exact) mass is 352 g/mol. The Kier molecular flexibility index (Phi) is 5.48. The first-order valence-electron chi connectivity index (χ1n) is 7.67. The van der Waals surface area contributed by atoms with E-state index in [0.29, 0.717) is 4.47 Å². The number of aromatic nitrogens is 2. The number of hydrogen-bond donors (Lipinski definition) is 0. The van der Waals surface area contributed by atoms with Crippen LogP contribution in [0.1, 0.15) is 17.0 Å². The number of likely N-dealkylation sites (tertiary alicyclic amines) is 1. The van der Waals surface area contributed by atoms with Crippen LogP contribution in [0.5, 0.6) is 5.75 Å². The molecule has 0 amide bonds. The zero-order valence-electron chi connectivity index (χ0n) is 13.4. The Hall–Kier alpha value is -1.21. The van der Waals surface area contributed by atoms with Gasteiger partial charge in [-0.25, -0.2) is 4.98 Å². The van der Waals surface area contributed by atoms with Gasteiger partial charge in [0.25, 0.3) is 0 Å². The molecule has 1 atom stereocenters. The van der Waals surface area contributed by atoms with E-state index >= 15 is 0 Å². The number of hydrogen-bond acceptors (Lipinski definition) is 6. The van der Waals surface area contributed by atoms with Crippen LogP contribution in [0.25, 0.3) is 0 Å². The van der Waals surface area contributed by atoms with Crippen LogP contribution in [0, 0.1) is 0 Å². The van der Waals surface area contributed by atoms with Crippen LogP contribution in [0.2, 0.25) is 4.47 Å². The number of ether oxygens (including phenoxy) is 1. The molecule has 1 aliphatic heterocycles. The van der Waals surface area contributed by atoms with Gasteiger partial charge in [-0.15, -0.1) is 11.3 Å². The van der Waals surface area contributed by atoms with Crippen molar-refractivity contribution in [1.29, 1.82) is 0 Å². The Balaban J connectivity index is 1.53. The first-order valence-corrected chi connectivity index (χ1v) is 8.87. The molecule has 5 nitrogen and oxygen atoms in total. The maximum Gasteiger partial charge on any atom is 0.183 e. The van der Waals surface area contributed by atoms with E-state index in [2.05, 4.69) is 19.8 Å². The highest BCUT2D eigenvalue weighted by atomic mass is 35.5. The van der Waals surface area contributed by atoms with Gasteiger partial charge in [-0.2, -0.15) is 0 Å². The minimum Gasteiger partial charge on any atom is -0.489 e. The van der Waals surface area contributed by atoms with Crippen molar-refractivity contribution in [1.82, 2.24) is 19.8 Å². The first kappa shape index (κ1) is 16.6. The number of halogens is 1. The third kappa shape index (κ3) is 4.88. The minimum atomic E-state index is 0.230. The van der Waals surface area contributed by atoms with E-state index in [9.17, 15) is 0 Å². The molecule has 0 saturated carbocycles. The van der Waals surface area contributed by atoms with Crippen LogP contribution in [-0.2, 0) is 13.1 Å². The molecule has 0 radical (unpaired) electrons. The molecule has 3 heterocycles. The molecule has 7 heteroatoms. The standard InChI is InChI=1S/C16H21ClN4OS/c1-20(2)9-12-7-13(3-5-18-12)22-14-4-6-21(10-14)11-15-8-19-16(17)23-15/h3,5,7-8,14H,4,6,9-11H2,1-2H3. The summed E-state index contributed by atoms with van der Waals surface area (Å²) in [6.07, 6.45) is 4.95. The van der Waals surface area contributed by atoms with Crippen molar-refractivity contribution >= 4 is 22.9 Å². The van der Waals surface area contributed by atoms with Gasteiger partial charge >= 0.3 is 0 Å². The van der Waals surface area contributed by atoms with E-state index in [1.807, 2.05) is 38.6 Å². The van der Waals surface area contributed by atoms with Crippen molar-refractivity contribution < 1.29 is 4.74 Å². The second-order valence-electron chi connectivity index (χ2n) is 6.06. The van der Waals surface area contributed by atoms with E-state index in [1.165, 1.54) is 4.88 Å². The molecule has 0 aliphatic carbocycles. The number of rotatable bonds is 6. The Bertz CT molecular complexity index is 649. The molecule has 23 heavy (non-hydrogen) atoms. The molecule has 0 N–H and O–H groups in total. The van der Waals surface area contributed by atoms with Crippen LogP contribution in [0.3, 0.4) is 0 Å². The lowest BCUT2D eigenvalue weighted by molar-refractivity contribution is 0.198. The topological polar surface area (TPSA) is 41.5 Å². The van der Waals surface area contributed by atoms with Gasteiger partial charge < -0.3 is 9.64 Å². The molecule has 0 bridgehead atoms. The van der Waals surface area contributed by atoms with Crippen molar-refractivity contribution in [2.24, 2.45) is 0 Å². The van der Waals surface area contributed by atoms with Gasteiger partial charge in [0, 0.05) is 49.5 Å². The van der Waals surface area contributed by atoms with Crippen molar-refractivity contribution in [3.8, 4) is 5.75 Å². The minimum absolute atomic E-state index is 0.230. The van der Waals surface area contributed by atoms with Crippen molar-refractivity contribution in [3.05, 3.63) is 39.6 Å². The molecule has 3 rings (SSSR count). The molecule has 1 fully saturated rings. The lowest BCUT2D eigenvalue weighted by Gasteiger charge is -2.16. The summed E-state index contributed by atoms with van der Waals surface area (Å²) in [6.45, 7) is 3.68. The SMILES string of the molecule is CN(C)Cc1cc(OC2CCN(Cc3cnc(Cl)s3)C2)ccn1. The summed E-state index contributed by atoms with van der Waals surface area (Å²) in [5.74, 6) is 0.907. The van der Waals surface area contributed by atoms with Crippen LogP contribution >= 0.6 is 22.9 Å². The van der Waals surface area contributed by atoms with Crippen molar-refractivity contribution in [2.45, 2.75) is 25.6 Å². The Morgan fingerprint density at radius 2 is 2.30 bits per heavy atom. The smallest absolute Gasteiger partial charge is 0.183 e. The fourth-order valence-electron chi connectivity index (χ4n) is 2.75. The number of pyridine rings is 1. The normalized spacial score (nSPS) is 18.7. The summed E-state index contributed by atoms with van der Waals surface area (Å²) in [6, 6.07) is 3.97. The van der Waals surface area contributed by atoms with E-state index in [1.54, 1.807) is 11.3 Å². The zero-order chi connectivity index (χ0) is 16.2. The summed E-state index contributed by atoms with van der Waals surface area (Å²) >= 11 is 7.43. The Labute approximate surface area is 145 Å². The Morgan fingerprint density at radius 1 is 1.43 bits per heavy atom. The van der Waals surface area contributed by atoms with Gasteiger partial charge in [-0.3, -0.25) is 9.88 Å². The number of nitrogens with zero attached hydrogens (tertiary/aromatic N) is 4. The average Bonchev–Trinajstić information content (AvgIpc) is 3.08. The van der Waals surface area contributed by atoms with Gasteiger partial charge in [0.2, 0.25) is 0 Å². The third-order valence-electron chi connectivity index (χ3n) is 3.70. The quantitative estimate of drug-likeness (QED) is 0.799. The van der Waals surface area contributed by atoms with Gasteiger partial charge in [0.1, 0.15) is 11.9 Å². The molecule has 0 spiro atoms. The van der Waals surface area contributed by atoms with Gasteiger partial charge in [-0.05, 0) is 26.6 Å². The van der Waals surface area contributed by atoms with Crippen LogP contribution in [0.4, 0.5) is 0 Å². The summed E-state index contributed by atoms with van der Waals surface area (Å²) < 4.78 is 6.74. The molecule has 2 aromatic rings. The molecule has 1 unspecified atom stereocenters. The van der Waals surface area contributed by atoms with Crippen LogP contribution in [-0.4, -0.2) is 53.1 Å². The summed E-state index contributed by atoms with van der Waals surface area (Å²) in [7, 11) is 4.07. The largest absolute Gasteiger partial charge is 0.489 e.